The Balaban J connectivity index is 2.16. The minimum Gasteiger partial charge on any atom is -0.296 e. The van der Waals surface area contributed by atoms with E-state index in [-0.39, 0.29) is 0 Å². The SMILES string of the molecule is CCCN1CCCCC1c1cccc(Br)c1. The lowest BCUT2D eigenvalue weighted by atomic mass is 9.95. The third-order valence-electron chi connectivity index (χ3n) is 3.36. The van der Waals surface area contributed by atoms with Crippen molar-refractivity contribution in [3.8, 4) is 0 Å². The van der Waals surface area contributed by atoms with E-state index in [1.54, 1.807) is 0 Å². The molecule has 0 aromatic heterocycles. The largest absolute Gasteiger partial charge is 0.296 e. The molecule has 88 valence electrons. The third kappa shape index (κ3) is 2.86. The average molecular weight is 282 g/mol. The quantitative estimate of drug-likeness (QED) is 0.795. The molecule has 0 saturated carbocycles. The molecule has 1 nitrogen and oxygen atoms in total. The maximum absolute atomic E-state index is 3.57. The van der Waals surface area contributed by atoms with E-state index in [1.165, 1.54) is 48.8 Å². The Kier molecular flexibility index (Phi) is 4.42. The van der Waals surface area contributed by atoms with Crippen LogP contribution in [0.4, 0.5) is 0 Å². The average Bonchev–Trinajstić information content (AvgIpc) is 2.30. The molecule has 2 rings (SSSR count). The fraction of sp³-hybridized carbons (Fsp3) is 0.571. The Hall–Kier alpha value is -0.340. The monoisotopic (exact) mass is 281 g/mol. The zero-order valence-corrected chi connectivity index (χ0v) is 11.5. The lowest BCUT2D eigenvalue weighted by molar-refractivity contribution is 0.149. The van der Waals surface area contributed by atoms with Gasteiger partial charge >= 0.3 is 0 Å². The van der Waals surface area contributed by atoms with Crippen molar-refractivity contribution in [1.82, 2.24) is 4.90 Å². The molecule has 2 heteroatoms. The molecule has 0 aliphatic carbocycles. The van der Waals surface area contributed by atoms with Gasteiger partial charge in [0.2, 0.25) is 0 Å². The zero-order chi connectivity index (χ0) is 11.4. The Morgan fingerprint density at radius 2 is 2.25 bits per heavy atom. The van der Waals surface area contributed by atoms with Gasteiger partial charge < -0.3 is 0 Å². The predicted molar refractivity (Wildman–Crippen MR) is 72.6 cm³/mol. The van der Waals surface area contributed by atoms with Crippen LogP contribution in [0.1, 0.15) is 44.2 Å². The summed E-state index contributed by atoms with van der Waals surface area (Å²) in [7, 11) is 0. The van der Waals surface area contributed by atoms with Crippen LogP contribution in [0.15, 0.2) is 28.7 Å². The van der Waals surface area contributed by atoms with Gasteiger partial charge in [-0.3, -0.25) is 4.90 Å². The molecule has 0 spiro atoms. The minimum absolute atomic E-state index is 0.645. The van der Waals surface area contributed by atoms with Gasteiger partial charge in [0.05, 0.1) is 0 Å². The molecule has 1 heterocycles. The molecule has 1 atom stereocenters. The molecule has 0 amide bonds. The van der Waals surface area contributed by atoms with E-state index in [2.05, 4.69) is 52.0 Å². The van der Waals surface area contributed by atoms with Gasteiger partial charge in [-0.05, 0) is 50.0 Å². The van der Waals surface area contributed by atoms with Crippen molar-refractivity contribution < 1.29 is 0 Å². The summed E-state index contributed by atoms with van der Waals surface area (Å²) in [6.07, 6.45) is 5.31. The van der Waals surface area contributed by atoms with Gasteiger partial charge in [0, 0.05) is 10.5 Å². The molecule has 0 bridgehead atoms. The summed E-state index contributed by atoms with van der Waals surface area (Å²) in [5.74, 6) is 0. The summed E-state index contributed by atoms with van der Waals surface area (Å²) >= 11 is 3.57. The first-order valence-electron chi connectivity index (χ1n) is 6.31. The number of rotatable bonds is 3. The van der Waals surface area contributed by atoms with E-state index in [0.29, 0.717) is 6.04 Å². The van der Waals surface area contributed by atoms with E-state index < -0.39 is 0 Å². The number of halogens is 1. The van der Waals surface area contributed by atoms with Crippen molar-refractivity contribution in [3.05, 3.63) is 34.3 Å². The topological polar surface area (TPSA) is 3.24 Å². The molecule has 16 heavy (non-hydrogen) atoms. The maximum atomic E-state index is 3.57. The van der Waals surface area contributed by atoms with Gasteiger partial charge in [-0.15, -0.1) is 0 Å². The number of benzene rings is 1. The minimum atomic E-state index is 0.645. The smallest absolute Gasteiger partial charge is 0.0348 e. The molecular formula is C14H20BrN. The number of hydrogen-bond donors (Lipinski definition) is 0. The van der Waals surface area contributed by atoms with Crippen LogP contribution in [0, 0.1) is 0 Å². The summed E-state index contributed by atoms with van der Waals surface area (Å²) in [6.45, 7) is 4.77. The van der Waals surface area contributed by atoms with Crippen LogP contribution in [0.3, 0.4) is 0 Å². The highest BCUT2D eigenvalue weighted by Crippen LogP contribution is 2.31. The Bertz CT molecular complexity index is 335. The highest BCUT2D eigenvalue weighted by molar-refractivity contribution is 9.10. The zero-order valence-electron chi connectivity index (χ0n) is 9.95. The van der Waals surface area contributed by atoms with Crippen LogP contribution in [-0.2, 0) is 0 Å². The molecule has 1 aliphatic heterocycles. The van der Waals surface area contributed by atoms with Crippen LogP contribution in [0.5, 0.6) is 0 Å². The van der Waals surface area contributed by atoms with Gasteiger partial charge in [0.25, 0.3) is 0 Å². The number of hydrogen-bond acceptors (Lipinski definition) is 1. The Morgan fingerprint density at radius 1 is 1.38 bits per heavy atom. The lowest BCUT2D eigenvalue weighted by Crippen LogP contribution is -2.33. The van der Waals surface area contributed by atoms with E-state index in [1.807, 2.05) is 0 Å². The van der Waals surface area contributed by atoms with Crippen molar-refractivity contribution >= 4 is 15.9 Å². The Morgan fingerprint density at radius 3 is 3.00 bits per heavy atom. The van der Waals surface area contributed by atoms with Crippen LogP contribution in [0.25, 0.3) is 0 Å². The van der Waals surface area contributed by atoms with Gasteiger partial charge in [0.15, 0.2) is 0 Å². The first-order chi connectivity index (χ1) is 7.81. The highest BCUT2D eigenvalue weighted by atomic mass is 79.9. The normalized spacial score (nSPS) is 22.2. The van der Waals surface area contributed by atoms with Crippen LogP contribution < -0.4 is 0 Å². The Labute approximate surface area is 107 Å². The second kappa shape index (κ2) is 5.83. The van der Waals surface area contributed by atoms with Gasteiger partial charge in [-0.2, -0.15) is 0 Å². The number of likely N-dealkylation sites (tertiary alicyclic amines) is 1. The summed E-state index contributed by atoms with van der Waals surface area (Å²) < 4.78 is 1.20. The van der Waals surface area contributed by atoms with E-state index in [4.69, 9.17) is 0 Å². The molecule has 1 unspecified atom stereocenters. The van der Waals surface area contributed by atoms with Crippen LogP contribution >= 0.6 is 15.9 Å². The van der Waals surface area contributed by atoms with Crippen molar-refractivity contribution in [3.63, 3.8) is 0 Å². The second-order valence-corrected chi connectivity index (χ2v) is 5.52. The summed E-state index contributed by atoms with van der Waals surface area (Å²) in [5.41, 5.74) is 1.47. The molecule has 0 radical (unpaired) electrons. The molecule has 1 aromatic rings. The van der Waals surface area contributed by atoms with Crippen molar-refractivity contribution in [2.45, 2.75) is 38.6 Å². The van der Waals surface area contributed by atoms with Crippen LogP contribution in [0.2, 0.25) is 0 Å². The molecule has 1 aromatic carbocycles. The number of nitrogens with zero attached hydrogens (tertiary/aromatic N) is 1. The molecule has 0 N–H and O–H groups in total. The van der Waals surface area contributed by atoms with Crippen LogP contribution in [-0.4, -0.2) is 18.0 Å². The molecule has 1 saturated heterocycles. The fourth-order valence-corrected chi connectivity index (χ4v) is 3.05. The molecular weight excluding hydrogens is 262 g/mol. The van der Waals surface area contributed by atoms with Crippen molar-refractivity contribution in [1.29, 1.82) is 0 Å². The van der Waals surface area contributed by atoms with Gasteiger partial charge in [0.1, 0.15) is 0 Å². The van der Waals surface area contributed by atoms with Crippen molar-refractivity contribution in [2.24, 2.45) is 0 Å². The lowest BCUT2D eigenvalue weighted by Gasteiger charge is -2.36. The number of piperidine rings is 1. The predicted octanol–water partition coefficient (Wildman–Crippen LogP) is 4.39. The molecule has 1 fully saturated rings. The van der Waals surface area contributed by atoms with E-state index in [0.717, 1.165) is 0 Å². The van der Waals surface area contributed by atoms with Crippen molar-refractivity contribution in [2.75, 3.05) is 13.1 Å². The second-order valence-electron chi connectivity index (χ2n) is 4.60. The van der Waals surface area contributed by atoms with E-state index in [9.17, 15) is 0 Å². The molecule has 1 aliphatic rings. The fourth-order valence-electron chi connectivity index (χ4n) is 2.64. The van der Waals surface area contributed by atoms with Gasteiger partial charge in [-0.25, -0.2) is 0 Å². The highest BCUT2D eigenvalue weighted by Gasteiger charge is 2.22. The maximum Gasteiger partial charge on any atom is 0.0348 e. The first-order valence-corrected chi connectivity index (χ1v) is 7.10. The summed E-state index contributed by atoms with van der Waals surface area (Å²) in [4.78, 5) is 2.64. The first kappa shape index (κ1) is 12.1. The van der Waals surface area contributed by atoms with Gasteiger partial charge in [-0.1, -0.05) is 41.4 Å². The van der Waals surface area contributed by atoms with E-state index >= 15 is 0 Å². The summed E-state index contributed by atoms with van der Waals surface area (Å²) in [6, 6.07) is 9.45. The summed E-state index contributed by atoms with van der Waals surface area (Å²) in [5, 5.41) is 0. The standard InChI is InChI=1S/C14H20BrN/c1-2-9-16-10-4-3-8-14(16)12-6-5-7-13(15)11-12/h5-7,11,14H,2-4,8-10H2,1H3. The third-order valence-corrected chi connectivity index (χ3v) is 3.85.